The molecule has 2 heterocycles. The van der Waals surface area contributed by atoms with E-state index < -0.39 is 11.2 Å². The minimum absolute atomic E-state index is 0.0252. The molecule has 2 amide bonds. The third-order valence-electron chi connectivity index (χ3n) is 5.81. The van der Waals surface area contributed by atoms with Crippen LogP contribution < -0.4 is 5.32 Å². The van der Waals surface area contributed by atoms with Gasteiger partial charge in [-0.1, -0.05) is 0 Å². The second-order valence-electron chi connectivity index (χ2n) is 11.0. The zero-order valence-electron chi connectivity index (χ0n) is 20.6. The Hall–Kier alpha value is -1.54. The molecule has 180 valence electrons. The summed E-state index contributed by atoms with van der Waals surface area (Å²) in [6.07, 6.45) is 3.22. The smallest absolute Gasteiger partial charge is 0.410 e. The molecule has 2 saturated heterocycles. The number of carbonyl (C=O) groups excluding carboxylic acids is 2. The molecule has 1 atom stereocenters. The minimum Gasteiger partial charge on any atom is -0.444 e. The molecule has 8 heteroatoms. The average Bonchev–Trinajstić information content (AvgIpc) is 3.08. The van der Waals surface area contributed by atoms with Crippen LogP contribution >= 0.6 is 0 Å². The van der Waals surface area contributed by atoms with E-state index in [2.05, 4.69) is 5.32 Å². The van der Waals surface area contributed by atoms with Gasteiger partial charge < -0.3 is 29.3 Å². The summed E-state index contributed by atoms with van der Waals surface area (Å²) in [4.78, 5) is 28.5. The highest BCUT2D eigenvalue weighted by Crippen LogP contribution is 2.32. The van der Waals surface area contributed by atoms with Crippen LogP contribution in [-0.4, -0.2) is 85.7 Å². The van der Waals surface area contributed by atoms with Crippen LogP contribution in [0.15, 0.2) is 0 Å². The number of hydrogen-bond acceptors (Lipinski definition) is 6. The molecule has 31 heavy (non-hydrogen) atoms. The van der Waals surface area contributed by atoms with Gasteiger partial charge in [0.1, 0.15) is 11.2 Å². The van der Waals surface area contributed by atoms with Gasteiger partial charge in [0.05, 0.1) is 6.61 Å². The number of hydrogen-bond donors (Lipinski definition) is 1. The topological polar surface area (TPSA) is 80.3 Å². The van der Waals surface area contributed by atoms with Crippen LogP contribution in [0.25, 0.3) is 0 Å². The van der Waals surface area contributed by atoms with Gasteiger partial charge in [-0.05, 0) is 67.2 Å². The number of nitrogens with one attached hydrogen (secondary N) is 1. The Morgan fingerprint density at radius 1 is 0.968 bits per heavy atom. The molecule has 0 aromatic carbocycles. The maximum Gasteiger partial charge on any atom is 0.410 e. The third kappa shape index (κ3) is 8.15. The van der Waals surface area contributed by atoms with E-state index in [0.29, 0.717) is 19.7 Å². The highest BCUT2D eigenvalue weighted by Gasteiger charge is 2.38. The number of rotatable bonds is 6. The summed E-state index contributed by atoms with van der Waals surface area (Å²) in [5, 5.41) is 3.59. The van der Waals surface area contributed by atoms with E-state index in [1.165, 1.54) is 0 Å². The van der Waals surface area contributed by atoms with Crippen LogP contribution in [0, 0.1) is 5.41 Å². The maximum atomic E-state index is 12.5. The summed E-state index contributed by atoms with van der Waals surface area (Å²) in [6.45, 7) is 15.6. The monoisotopic (exact) mass is 441 g/mol. The van der Waals surface area contributed by atoms with Crippen LogP contribution in [-0.2, 0) is 14.2 Å². The molecular weight excluding hydrogens is 398 g/mol. The van der Waals surface area contributed by atoms with E-state index >= 15 is 0 Å². The van der Waals surface area contributed by atoms with Gasteiger partial charge in [0.15, 0.2) is 0 Å². The molecule has 2 aliphatic rings. The van der Waals surface area contributed by atoms with Crippen LogP contribution in [0.5, 0.6) is 0 Å². The first-order valence-electron chi connectivity index (χ1n) is 11.5. The molecule has 8 nitrogen and oxygen atoms in total. The predicted octanol–water partition coefficient (Wildman–Crippen LogP) is 3.64. The van der Waals surface area contributed by atoms with Crippen LogP contribution in [0.4, 0.5) is 9.59 Å². The van der Waals surface area contributed by atoms with Crippen molar-refractivity contribution < 1.29 is 23.8 Å². The normalized spacial score (nSPS) is 21.8. The summed E-state index contributed by atoms with van der Waals surface area (Å²) in [6, 6.07) is 0.149. The van der Waals surface area contributed by atoms with E-state index in [1.807, 2.05) is 46.4 Å². The minimum atomic E-state index is -0.485. The highest BCUT2D eigenvalue weighted by molar-refractivity contribution is 5.69. The fraction of sp³-hybridized carbons (Fsp3) is 0.913. The van der Waals surface area contributed by atoms with Crippen molar-refractivity contribution in [3.63, 3.8) is 0 Å². The zero-order valence-corrected chi connectivity index (χ0v) is 20.6. The van der Waals surface area contributed by atoms with Crippen molar-refractivity contribution in [2.24, 2.45) is 5.41 Å². The maximum absolute atomic E-state index is 12.5. The lowest BCUT2D eigenvalue weighted by atomic mass is 9.79. The Morgan fingerprint density at radius 2 is 1.55 bits per heavy atom. The van der Waals surface area contributed by atoms with Gasteiger partial charge in [0.25, 0.3) is 0 Å². The Balaban J connectivity index is 1.86. The van der Waals surface area contributed by atoms with E-state index in [4.69, 9.17) is 14.2 Å². The van der Waals surface area contributed by atoms with Gasteiger partial charge in [-0.15, -0.1) is 0 Å². The SMILES string of the molecule is COCC1(CNCC2CCCN2C(=O)OC(C)(C)C)CCN(C(=O)OC(C)(C)C)CC1. The van der Waals surface area contributed by atoms with E-state index in [-0.39, 0.29) is 23.6 Å². The number of piperidine rings is 1. The lowest BCUT2D eigenvalue weighted by Gasteiger charge is -2.42. The molecular formula is C23H43N3O5. The van der Waals surface area contributed by atoms with Crippen LogP contribution in [0.1, 0.15) is 67.2 Å². The molecule has 0 aromatic rings. The van der Waals surface area contributed by atoms with Crippen molar-refractivity contribution in [3.8, 4) is 0 Å². The number of carbonyl (C=O) groups is 2. The zero-order chi connectivity index (χ0) is 23.3. The molecule has 2 fully saturated rings. The molecule has 0 bridgehead atoms. The fourth-order valence-electron chi connectivity index (χ4n) is 4.28. The van der Waals surface area contributed by atoms with Gasteiger partial charge in [-0.2, -0.15) is 0 Å². The molecule has 1 unspecified atom stereocenters. The molecule has 0 radical (unpaired) electrons. The summed E-state index contributed by atoms with van der Waals surface area (Å²) >= 11 is 0. The van der Waals surface area contributed by atoms with Crippen molar-refractivity contribution in [3.05, 3.63) is 0 Å². The Labute approximate surface area is 187 Å². The average molecular weight is 442 g/mol. The second-order valence-corrected chi connectivity index (χ2v) is 11.0. The van der Waals surface area contributed by atoms with Gasteiger partial charge in [-0.25, -0.2) is 9.59 Å². The molecule has 0 aromatic heterocycles. The van der Waals surface area contributed by atoms with Crippen molar-refractivity contribution in [1.29, 1.82) is 0 Å². The number of methoxy groups -OCH3 is 1. The molecule has 2 aliphatic heterocycles. The predicted molar refractivity (Wildman–Crippen MR) is 120 cm³/mol. The molecule has 2 rings (SSSR count). The fourth-order valence-corrected chi connectivity index (χ4v) is 4.28. The molecule has 0 aliphatic carbocycles. The van der Waals surface area contributed by atoms with Crippen molar-refractivity contribution in [2.45, 2.75) is 84.5 Å². The Kier molecular flexibility index (Phi) is 8.62. The van der Waals surface area contributed by atoms with E-state index in [1.54, 1.807) is 12.0 Å². The molecule has 1 N–H and O–H groups in total. The third-order valence-corrected chi connectivity index (χ3v) is 5.81. The number of nitrogens with zero attached hydrogens (tertiary/aromatic N) is 2. The van der Waals surface area contributed by atoms with Crippen molar-refractivity contribution in [2.75, 3.05) is 46.4 Å². The van der Waals surface area contributed by atoms with Gasteiger partial charge >= 0.3 is 12.2 Å². The van der Waals surface area contributed by atoms with E-state index in [9.17, 15) is 9.59 Å². The van der Waals surface area contributed by atoms with Gasteiger partial charge in [-0.3, -0.25) is 0 Å². The largest absolute Gasteiger partial charge is 0.444 e. The van der Waals surface area contributed by atoms with E-state index in [0.717, 1.165) is 45.3 Å². The number of amides is 2. The lowest BCUT2D eigenvalue weighted by molar-refractivity contribution is -0.00695. The Morgan fingerprint density at radius 3 is 2.10 bits per heavy atom. The standard InChI is InChI=1S/C23H43N3O5/c1-21(2,3)30-19(27)25-13-10-23(11-14-25,17-29-7)16-24-15-18-9-8-12-26(18)20(28)31-22(4,5)6/h18,24H,8-17H2,1-7H3. The van der Waals surface area contributed by atoms with Crippen LogP contribution in [0.2, 0.25) is 0 Å². The van der Waals surface area contributed by atoms with Crippen LogP contribution in [0.3, 0.4) is 0 Å². The molecule has 0 saturated carbocycles. The summed E-state index contributed by atoms with van der Waals surface area (Å²) in [7, 11) is 1.73. The van der Waals surface area contributed by atoms with Gasteiger partial charge in [0.2, 0.25) is 0 Å². The first-order valence-corrected chi connectivity index (χ1v) is 11.5. The van der Waals surface area contributed by atoms with Crippen molar-refractivity contribution >= 4 is 12.2 Å². The van der Waals surface area contributed by atoms with Gasteiger partial charge in [0, 0.05) is 51.3 Å². The summed E-state index contributed by atoms with van der Waals surface area (Å²) in [5.74, 6) is 0. The quantitative estimate of drug-likeness (QED) is 0.678. The molecule has 0 spiro atoms. The number of ether oxygens (including phenoxy) is 3. The second kappa shape index (κ2) is 10.4. The summed E-state index contributed by atoms with van der Waals surface area (Å²) in [5.41, 5.74) is -0.994. The van der Waals surface area contributed by atoms with Crippen molar-refractivity contribution in [1.82, 2.24) is 15.1 Å². The summed E-state index contributed by atoms with van der Waals surface area (Å²) < 4.78 is 16.6. The number of likely N-dealkylation sites (tertiary alicyclic amines) is 2. The first kappa shape index (κ1) is 25.7. The highest BCUT2D eigenvalue weighted by atomic mass is 16.6. The lowest BCUT2D eigenvalue weighted by Crippen LogP contribution is -2.51. The first-order chi connectivity index (χ1) is 14.3. The Bertz CT molecular complexity index is 603.